The van der Waals surface area contributed by atoms with Crippen LogP contribution >= 0.6 is 0 Å². The number of allylic oxidation sites excluding steroid dienone is 1. The molecule has 0 fully saturated rings. The predicted molar refractivity (Wildman–Crippen MR) is 108 cm³/mol. The molecule has 1 aliphatic rings. The molecule has 1 aromatic carbocycles. The third-order valence-electron chi connectivity index (χ3n) is 5.72. The molecular weight excluding hydrogens is 354 g/mol. The molecule has 1 aromatic heterocycles. The lowest BCUT2D eigenvalue weighted by molar-refractivity contribution is -0.142. The summed E-state index contributed by atoms with van der Waals surface area (Å²) in [7, 11) is 2.01. The van der Waals surface area contributed by atoms with Crippen LogP contribution in [0.3, 0.4) is 0 Å². The van der Waals surface area contributed by atoms with Crippen molar-refractivity contribution in [3.05, 3.63) is 47.3 Å². The Bertz CT molecular complexity index is 803. The first-order valence-electron chi connectivity index (χ1n) is 10.0. The summed E-state index contributed by atoms with van der Waals surface area (Å²) in [5, 5.41) is 27.6. The summed E-state index contributed by atoms with van der Waals surface area (Å²) in [4.78, 5) is 12.0. The van der Waals surface area contributed by atoms with Gasteiger partial charge in [-0.2, -0.15) is 5.21 Å². The van der Waals surface area contributed by atoms with Gasteiger partial charge in [0.15, 0.2) is 5.82 Å². The topological polar surface area (TPSA) is 104 Å². The Hall–Kier alpha value is -2.54. The molecule has 1 heterocycles. The summed E-state index contributed by atoms with van der Waals surface area (Å²) in [5.41, 5.74) is 3.70. The molecule has 0 saturated heterocycles. The van der Waals surface area contributed by atoms with Crippen molar-refractivity contribution < 1.29 is 9.90 Å². The smallest absolute Gasteiger partial charge is 0.307 e. The van der Waals surface area contributed by atoms with Crippen LogP contribution in [0, 0.1) is 5.92 Å². The summed E-state index contributed by atoms with van der Waals surface area (Å²) in [6.07, 6.45) is 7.42. The Labute approximate surface area is 165 Å². The van der Waals surface area contributed by atoms with E-state index in [0.29, 0.717) is 24.7 Å². The first kappa shape index (κ1) is 20.2. The fraction of sp³-hybridized carbons (Fsp3) is 0.524. The van der Waals surface area contributed by atoms with Crippen LogP contribution in [0.2, 0.25) is 0 Å². The number of carboxylic acids is 1. The Morgan fingerprint density at radius 1 is 1.39 bits per heavy atom. The van der Waals surface area contributed by atoms with Gasteiger partial charge in [0, 0.05) is 12.0 Å². The number of aliphatic carboxylic acids is 1. The average molecular weight is 383 g/mol. The molecule has 3 N–H and O–H groups in total. The van der Waals surface area contributed by atoms with Crippen LogP contribution in [0.5, 0.6) is 0 Å². The molecule has 28 heavy (non-hydrogen) atoms. The Morgan fingerprint density at radius 2 is 2.21 bits per heavy atom. The number of aromatic nitrogens is 4. The van der Waals surface area contributed by atoms with Crippen LogP contribution in [0.4, 0.5) is 0 Å². The molecule has 7 heteroatoms. The van der Waals surface area contributed by atoms with Crippen LogP contribution in [0.15, 0.2) is 30.3 Å². The minimum atomic E-state index is -0.803. The number of nitrogens with one attached hydrogen (secondary N) is 2. The van der Waals surface area contributed by atoms with Gasteiger partial charge < -0.3 is 10.4 Å². The quantitative estimate of drug-likeness (QED) is 0.614. The molecule has 0 amide bonds. The second kappa shape index (κ2) is 9.59. The maximum absolute atomic E-state index is 12.0. The van der Waals surface area contributed by atoms with E-state index in [9.17, 15) is 9.90 Å². The molecule has 0 aliphatic heterocycles. The molecule has 2 aromatic rings. The number of aromatic amines is 1. The van der Waals surface area contributed by atoms with E-state index >= 15 is 0 Å². The number of benzene rings is 1. The van der Waals surface area contributed by atoms with E-state index in [2.05, 4.69) is 44.1 Å². The van der Waals surface area contributed by atoms with Gasteiger partial charge in [-0.1, -0.05) is 48.9 Å². The number of hydrogen-bond donors (Lipinski definition) is 3. The second-order valence-electron chi connectivity index (χ2n) is 7.46. The van der Waals surface area contributed by atoms with E-state index in [4.69, 9.17) is 0 Å². The Morgan fingerprint density at radius 3 is 2.82 bits per heavy atom. The molecule has 0 bridgehead atoms. The van der Waals surface area contributed by atoms with Crippen molar-refractivity contribution in [2.45, 2.75) is 57.4 Å². The van der Waals surface area contributed by atoms with Crippen molar-refractivity contribution in [1.82, 2.24) is 25.9 Å². The van der Waals surface area contributed by atoms with E-state index in [-0.39, 0.29) is 5.92 Å². The highest BCUT2D eigenvalue weighted by molar-refractivity contribution is 5.72. The standard InChI is InChI=1S/C21H29N5O2/c1-3-6-18(21(27)28)19(20-23-25-26-24-20)13-15-7-4-5-8-17(15)14-9-11-16(22-2)12-10-14/h4-5,7-9,16,18-19,22H,3,6,10-13H2,1-2H3,(H,27,28)(H,23,24,25,26). The minimum Gasteiger partial charge on any atom is -0.481 e. The fourth-order valence-corrected chi connectivity index (χ4v) is 4.14. The lowest BCUT2D eigenvalue weighted by Crippen LogP contribution is -2.27. The van der Waals surface area contributed by atoms with E-state index in [1.165, 1.54) is 11.1 Å². The number of nitrogens with zero attached hydrogens (tertiary/aromatic N) is 3. The predicted octanol–water partition coefficient (Wildman–Crippen LogP) is 3.18. The lowest BCUT2D eigenvalue weighted by atomic mass is 9.80. The summed E-state index contributed by atoms with van der Waals surface area (Å²) in [6.45, 7) is 2.00. The van der Waals surface area contributed by atoms with Crippen LogP contribution in [-0.2, 0) is 11.2 Å². The number of carboxylic acid groups (broad SMARTS) is 1. The van der Waals surface area contributed by atoms with Crippen molar-refractivity contribution in [2.75, 3.05) is 7.05 Å². The maximum atomic E-state index is 12.0. The van der Waals surface area contributed by atoms with Gasteiger partial charge in [-0.3, -0.25) is 4.79 Å². The molecule has 3 unspecified atom stereocenters. The first-order chi connectivity index (χ1) is 13.6. The lowest BCUT2D eigenvalue weighted by Gasteiger charge is -2.25. The van der Waals surface area contributed by atoms with Crippen molar-refractivity contribution in [1.29, 1.82) is 0 Å². The Kier molecular flexibility index (Phi) is 6.92. The van der Waals surface area contributed by atoms with Gasteiger partial charge in [0.05, 0.1) is 5.92 Å². The number of tetrazole rings is 1. The number of carbonyl (C=O) groups is 1. The van der Waals surface area contributed by atoms with Crippen molar-refractivity contribution in [3.8, 4) is 0 Å². The average Bonchev–Trinajstić information content (AvgIpc) is 3.25. The first-order valence-corrected chi connectivity index (χ1v) is 10.0. The third-order valence-corrected chi connectivity index (χ3v) is 5.72. The summed E-state index contributed by atoms with van der Waals surface area (Å²) < 4.78 is 0. The zero-order valence-electron chi connectivity index (χ0n) is 16.6. The largest absolute Gasteiger partial charge is 0.481 e. The molecule has 0 spiro atoms. The van der Waals surface area contributed by atoms with Gasteiger partial charge in [0.2, 0.25) is 0 Å². The van der Waals surface area contributed by atoms with Crippen LogP contribution in [0.1, 0.15) is 61.9 Å². The number of hydrogen-bond acceptors (Lipinski definition) is 5. The fourth-order valence-electron chi connectivity index (χ4n) is 4.14. The second-order valence-corrected chi connectivity index (χ2v) is 7.46. The van der Waals surface area contributed by atoms with E-state index in [0.717, 1.165) is 31.2 Å². The molecule has 0 saturated carbocycles. The molecular formula is C21H29N5O2. The molecule has 150 valence electrons. The normalized spacial score (nSPS) is 19.1. The van der Waals surface area contributed by atoms with Gasteiger partial charge in [-0.15, -0.1) is 10.2 Å². The van der Waals surface area contributed by atoms with Crippen LogP contribution < -0.4 is 5.32 Å². The van der Waals surface area contributed by atoms with Gasteiger partial charge in [0.25, 0.3) is 0 Å². The van der Waals surface area contributed by atoms with Crippen molar-refractivity contribution in [2.24, 2.45) is 5.92 Å². The summed E-state index contributed by atoms with van der Waals surface area (Å²) in [6, 6.07) is 8.83. The van der Waals surface area contributed by atoms with Gasteiger partial charge in [-0.25, -0.2) is 0 Å². The summed E-state index contributed by atoms with van der Waals surface area (Å²) >= 11 is 0. The zero-order chi connectivity index (χ0) is 19.9. The highest BCUT2D eigenvalue weighted by Crippen LogP contribution is 2.34. The third kappa shape index (κ3) is 4.65. The Balaban J connectivity index is 1.92. The SMILES string of the molecule is CCCC(C(=O)O)C(Cc1ccccc1C1=CCC(NC)CC1)c1nn[nH]n1. The zero-order valence-corrected chi connectivity index (χ0v) is 16.6. The highest BCUT2D eigenvalue weighted by atomic mass is 16.4. The van der Waals surface area contributed by atoms with Gasteiger partial charge in [0.1, 0.15) is 0 Å². The molecule has 3 rings (SSSR count). The van der Waals surface area contributed by atoms with Gasteiger partial charge >= 0.3 is 5.97 Å². The number of rotatable bonds is 9. The van der Waals surface area contributed by atoms with E-state index in [1.54, 1.807) is 0 Å². The van der Waals surface area contributed by atoms with Gasteiger partial charge in [-0.05, 0) is 55.9 Å². The molecule has 3 atom stereocenters. The van der Waals surface area contributed by atoms with Crippen LogP contribution in [0.25, 0.3) is 5.57 Å². The highest BCUT2D eigenvalue weighted by Gasteiger charge is 2.32. The molecule has 1 aliphatic carbocycles. The van der Waals surface area contributed by atoms with Crippen molar-refractivity contribution >= 4 is 11.5 Å². The maximum Gasteiger partial charge on any atom is 0.307 e. The summed E-state index contributed by atoms with van der Waals surface area (Å²) in [5.74, 6) is -1.18. The van der Waals surface area contributed by atoms with Crippen LogP contribution in [-0.4, -0.2) is 44.8 Å². The molecule has 7 nitrogen and oxygen atoms in total. The number of H-pyrrole nitrogens is 1. The van der Waals surface area contributed by atoms with E-state index < -0.39 is 11.9 Å². The minimum absolute atomic E-state index is 0.313. The van der Waals surface area contributed by atoms with E-state index in [1.807, 2.05) is 26.1 Å². The monoisotopic (exact) mass is 383 g/mol. The van der Waals surface area contributed by atoms with Crippen molar-refractivity contribution in [3.63, 3.8) is 0 Å². The molecule has 0 radical (unpaired) electrons.